The maximum atomic E-state index is 12.4. The molecule has 0 bridgehead atoms. The molecule has 1 N–H and O–H groups in total. The summed E-state index contributed by atoms with van der Waals surface area (Å²) in [6, 6.07) is 6.30. The van der Waals surface area contributed by atoms with Crippen LogP contribution >= 0.6 is 0 Å². The van der Waals surface area contributed by atoms with Gasteiger partial charge in [0.1, 0.15) is 6.61 Å². The zero-order valence-electron chi connectivity index (χ0n) is 13.8. The number of alkyl halides is 3. The molecule has 0 aliphatic heterocycles. The van der Waals surface area contributed by atoms with Crippen molar-refractivity contribution in [3.63, 3.8) is 0 Å². The predicted molar refractivity (Wildman–Crippen MR) is 85.6 cm³/mol. The average Bonchev–Trinajstić information content (AvgIpc) is 2.53. The largest absolute Gasteiger partial charge is 0.411 e. The molecule has 0 radical (unpaired) electrons. The molecule has 0 unspecified atom stereocenters. The van der Waals surface area contributed by atoms with E-state index in [2.05, 4.69) is 15.2 Å². The molecule has 0 atom stereocenters. The van der Waals surface area contributed by atoms with Gasteiger partial charge in [-0.05, 0) is 19.9 Å². The number of carbonyl (C=O) groups is 1. The lowest BCUT2D eigenvalue weighted by molar-refractivity contribution is -0.173. The van der Waals surface area contributed by atoms with Crippen LogP contribution < -0.4 is 10.9 Å². The first-order valence-electron chi connectivity index (χ1n) is 7.65. The zero-order chi connectivity index (χ0) is 18.6. The van der Waals surface area contributed by atoms with Crippen LogP contribution in [-0.2, 0) is 4.74 Å². The SMILES string of the molecule is CC(C)n1nc(C(=O)NCCOCC(F)(F)F)c2ccccc2c1=O. The number of nitrogens with zero attached hydrogens (tertiary/aromatic N) is 2. The normalized spacial score (nSPS) is 11.9. The van der Waals surface area contributed by atoms with E-state index in [1.807, 2.05) is 0 Å². The lowest BCUT2D eigenvalue weighted by Gasteiger charge is -2.13. The summed E-state index contributed by atoms with van der Waals surface area (Å²) < 4.78 is 41.6. The quantitative estimate of drug-likeness (QED) is 0.805. The van der Waals surface area contributed by atoms with Crippen molar-refractivity contribution in [1.82, 2.24) is 15.1 Å². The lowest BCUT2D eigenvalue weighted by Crippen LogP contribution is -2.33. The van der Waals surface area contributed by atoms with E-state index in [1.54, 1.807) is 38.1 Å². The van der Waals surface area contributed by atoms with Gasteiger partial charge >= 0.3 is 6.18 Å². The van der Waals surface area contributed by atoms with E-state index < -0.39 is 18.7 Å². The van der Waals surface area contributed by atoms with Gasteiger partial charge in [0.05, 0.1) is 18.0 Å². The molecule has 0 spiro atoms. The van der Waals surface area contributed by atoms with Crippen LogP contribution in [0.4, 0.5) is 13.2 Å². The second kappa shape index (κ2) is 7.64. The van der Waals surface area contributed by atoms with Crippen molar-refractivity contribution in [1.29, 1.82) is 0 Å². The van der Waals surface area contributed by atoms with Crippen molar-refractivity contribution >= 4 is 16.7 Å². The van der Waals surface area contributed by atoms with Crippen molar-refractivity contribution in [2.75, 3.05) is 19.8 Å². The van der Waals surface area contributed by atoms with E-state index >= 15 is 0 Å². The Balaban J connectivity index is 2.18. The Labute approximate surface area is 141 Å². The fourth-order valence-corrected chi connectivity index (χ4v) is 2.23. The smallest absolute Gasteiger partial charge is 0.370 e. The first kappa shape index (κ1) is 18.9. The minimum atomic E-state index is -4.41. The third-order valence-electron chi connectivity index (χ3n) is 3.33. The van der Waals surface area contributed by atoms with Gasteiger partial charge in [-0.1, -0.05) is 18.2 Å². The number of rotatable bonds is 6. The van der Waals surface area contributed by atoms with Crippen LogP contribution in [0.1, 0.15) is 30.4 Å². The van der Waals surface area contributed by atoms with Crippen LogP contribution in [0, 0.1) is 0 Å². The molecule has 9 heteroatoms. The van der Waals surface area contributed by atoms with Gasteiger partial charge in [0, 0.05) is 11.9 Å². The highest BCUT2D eigenvalue weighted by molar-refractivity contribution is 6.04. The molecule has 0 fully saturated rings. The molecule has 1 aromatic carbocycles. The fraction of sp³-hybridized carbons (Fsp3) is 0.438. The minimum absolute atomic E-state index is 0.0414. The monoisotopic (exact) mass is 357 g/mol. The lowest BCUT2D eigenvalue weighted by atomic mass is 10.1. The second-order valence-corrected chi connectivity index (χ2v) is 5.66. The number of halogens is 3. The number of amides is 1. The Morgan fingerprint density at radius 2 is 1.92 bits per heavy atom. The van der Waals surface area contributed by atoms with Crippen LogP contribution in [0.15, 0.2) is 29.1 Å². The Bertz CT molecular complexity index is 816. The summed E-state index contributed by atoms with van der Waals surface area (Å²) in [4.78, 5) is 24.7. The van der Waals surface area contributed by atoms with Gasteiger partial charge in [0.15, 0.2) is 5.69 Å². The summed E-state index contributed by atoms with van der Waals surface area (Å²) in [5.74, 6) is -0.582. The van der Waals surface area contributed by atoms with Crippen LogP contribution in [0.25, 0.3) is 10.8 Å². The molecule has 0 aliphatic rings. The maximum absolute atomic E-state index is 12.4. The molecule has 0 saturated heterocycles. The molecule has 136 valence electrons. The average molecular weight is 357 g/mol. The van der Waals surface area contributed by atoms with Gasteiger partial charge in [-0.15, -0.1) is 0 Å². The van der Waals surface area contributed by atoms with E-state index in [0.29, 0.717) is 10.8 Å². The maximum Gasteiger partial charge on any atom is 0.411 e. The van der Waals surface area contributed by atoms with Crippen molar-refractivity contribution in [3.05, 3.63) is 40.3 Å². The molecule has 2 rings (SSSR count). The predicted octanol–water partition coefficient (Wildman–Crippen LogP) is 2.29. The molecule has 0 saturated carbocycles. The minimum Gasteiger partial charge on any atom is -0.370 e. The Hall–Kier alpha value is -2.42. The fourth-order valence-electron chi connectivity index (χ4n) is 2.23. The van der Waals surface area contributed by atoms with Crippen LogP contribution in [0.3, 0.4) is 0 Å². The standard InChI is InChI=1S/C16H18F3N3O3/c1-10(2)22-15(24)12-6-4-3-5-11(12)13(21-22)14(23)20-7-8-25-9-16(17,18)19/h3-6,10H,7-9H2,1-2H3,(H,20,23). The molecule has 2 aromatic rings. The zero-order valence-corrected chi connectivity index (χ0v) is 13.8. The molecule has 0 aliphatic carbocycles. The molecule has 1 amide bonds. The highest BCUT2D eigenvalue weighted by atomic mass is 19.4. The highest BCUT2D eigenvalue weighted by Crippen LogP contribution is 2.15. The van der Waals surface area contributed by atoms with Crippen molar-refractivity contribution in [2.24, 2.45) is 0 Å². The highest BCUT2D eigenvalue weighted by Gasteiger charge is 2.27. The van der Waals surface area contributed by atoms with E-state index in [9.17, 15) is 22.8 Å². The summed E-state index contributed by atoms with van der Waals surface area (Å²) in [6.45, 7) is 1.76. The number of benzene rings is 1. The Morgan fingerprint density at radius 1 is 1.28 bits per heavy atom. The van der Waals surface area contributed by atoms with Crippen molar-refractivity contribution in [3.8, 4) is 0 Å². The van der Waals surface area contributed by atoms with E-state index in [0.717, 1.165) is 0 Å². The molecule has 1 aromatic heterocycles. The van der Waals surface area contributed by atoms with Gasteiger partial charge < -0.3 is 10.1 Å². The second-order valence-electron chi connectivity index (χ2n) is 5.66. The van der Waals surface area contributed by atoms with E-state index in [4.69, 9.17) is 0 Å². The van der Waals surface area contributed by atoms with Crippen LogP contribution in [0.5, 0.6) is 0 Å². The summed E-state index contributed by atoms with van der Waals surface area (Å²) in [6.07, 6.45) is -4.41. The Kier molecular flexibility index (Phi) is 5.78. The summed E-state index contributed by atoms with van der Waals surface area (Å²) >= 11 is 0. The number of hydrogen-bond acceptors (Lipinski definition) is 4. The summed E-state index contributed by atoms with van der Waals surface area (Å²) in [5, 5.41) is 7.30. The third kappa shape index (κ3) is 4.79. The number of hydrogen-bond donors (Lipinski definition) is 1. The molecule has 1 heterocycles. The molecule has 6 nitrogen and oxygen atoms in total. The van der Waals surface area contributed by atoms with Gasteiger partial charge in [0.25, 0.3) is 11.5 Å². The molecule has 25 heavy (non-hydrogen) atoms. The van der Waals surface area contributed by atoms with Crippen LogP contribution in [-0.4, -0.2) is 41.6 Å². The molecular weight excluding hydrogens is 339 g/mol. The van der Waals surface area contributed by atoms with E-state index in [-0.39, 0.29) is 30.4 Å². The van der Waals surface area contributed by atoms with Crippen LogP contribution in [0.2, 0.25) is 0 Å². The number of fused-ring (bicyclic) bond motifs is 1. The number of aromatic nitrogens is 2. The number of carbonyl (C=O) groups excluding carboxylic acids is 1. The van der Waals surface area contributed by atoms with Gasteiger partial charge in [0.2, 0.25) is 0 Å². The van der Waals surface area contributed by atoms with Gasteiger partial charge in [-0.2, -0.15) is 18.3 Å². The first-order valence-corrected chi connectivity index (χ1v) is 7.65. The first-order chi connectivity index (χ1) is 11.7. The van der Waals surface area contributed by atoms with Gasteiger partial charge in [-0.3, -0.25) is 9.59 Å². The molecular formula is C16H18F3N3O3. The Morgan fingerprint density at radius 3 is 2.52 bits per heavy atom. The summed E-state index contributed by atoms with van der Waals surface area (Å²) in [5.41, 5.74) is -0.268. The summed E-state index contributed by atoms with van der Waals surface area (Å²) in [7, 11) is 0. The van der Waals surface area contributed by atoms with Crippen molar-refractivity contribution < 1.29 is 22.7 Å². The van der Waals surface area contributed by atoms with Gasteiger partial charge in [-0.25, -0.2) is 4.68 Å². The third-order valence-corrected chi connectivity index (χ3v) is 3.33. The number of nitrogens with one attached hydrogen (secondary N) is 1. The topological polar surface area (TPSA) is 73.2 Å². The van der Waals surface area contributed by atoms with E-state index in [1.165, 1.54) is 4.68 Å². The van der Waals surface area contributed by atoms with Crippen molar-refractivity contribution in [2.45, 2.75) is 26.1 Å². The number of ether oxygens (including phenoxy) is 1.